The molecule has 6 heteroatoms. The third-order valence-electron chi connectivity index (χ3n) is 8.00. The zero-order valence-corrected chi connectivity index (χ0v) is 20.1. The molecule has 174 valence electrons. The van der Waals surface area contributed by atoms with Crippen molar-refractivity contribution in [2.24, 2.45) is 41.4 Å². The van der Waals surface area contributed by atoms with Crippen LogP contribution in [0.25, 0.3) is 0 Å². The van der Waals surface area contributed by atoms with Crippen molar-refractivity contribution < 1.29 is 23.9 Å². The van der Waals surface area contributed by atoms with Crippen molar-refractivity contribution in [3.8, 4) is 0 Å². The SMILES string of the molecule is CC1C2C3C(=O)C(Cl)C(=O)[C@H](C)C(=O)O[C@@H](C)/C=C/C=C\[C@@H](C)[C@@H]3C=C[C@@H]2C[C@@]2(C)O[C@@H]12. The van der Waals surface area contributed by atoms with Gasteiger partial charge in [-0.1, -0.05) is 44.2 Å². The first-order chi connectivity index (χ1) is 15.0. The maximum Gasteiger partial charge on any atom is 0.316 e. The number of allylic oxidation sites excluding steroid dienone is 5. The van der Waals surface area contributed by atoms with E-state index in [1.54, 1.807) is 13.0 Å². The molecule has 0 aromatic carbocycles. The van der Waals surface area contributed by atoms with Gasteiger partial charge in [0, 0.05) is 5.92 Å². The number of alkyl halides is 1. The first-order valence-corrected chi connectivity index (χ1v) is 12.1. The van der Waals surface area contributed by atoms with Crippen LogP contribution in [0, 0.1) is 41.4 Å². The Kier molecular flexibility index (Phi) is 6.28. The standard InChI is InChI=1S/C26H33ClO5/c1-13-8-6-7-9-14(2)31-25(30)16(4)22(28)21(27)23(29)20-18(13)11-10-17-12-26(5)24(32-26)15(3)19(17)20/h6-11,13-21,24H,12H2,1-5H3/b8-6-,9-7+/t13-,14+,15?,16+,17-,18+,19?,20?,21?,24+,26-/m1/s1. The zero-order chi connectivity index (χ0) is 23.4. The van der Waals surface area contributed by atoms with Crippen molar-refractivity contribution in [3.05, 3.63) is 36.5 Å². The Morgan fingerprint density at radius 1 is 0.969 bits per heavy atom. The van der Waals surface area contributed by atoms with Gasteiger partial charge >= 0.3 is 5.97 Å². The summed E-state index contributed by atoms with van der Waals surface area (Å²) in [5.41, 5.74) is -0.121. The molecule has 1 saturated carbocycles. The number of esters is 1. The third-order valence-corrected chi connectivity index (χ3v) is 8.43. The fraction of sp³-hybridized carbons (Fsp3) is 0.654. The van der Waals surface area contributed by atoms with Gasteiger partial charge in [-0.2, -0.15) is 0 Å². The predicted molar refractivity (Wildman–Crippen MR) is 122 cm³/mol. The lowest BCUT2D eigenvalue weighted by Gasteiger charge is -2.46. The molecule has 32 heavy (non-hydrogen) atoms. The number of halogens is 1. The van der Waals surface area contributed by atoms with Crippen LogP contribution in [-0.2, 0) is 23.9 Å². The van der Waals surface area contributed by atoms with Gasteiger partial charge < -0.3 is 9.47 Å². The lowest BCUT2D eigenvalue weighted by Crippen LogP contribution is -2.50. The Morgan fingerprint density at radius 3 is 2.38 bits per heavy atom. The summed E-state index contributed by atoms with van der Waals surface area (Å²) < 4.78 is 11.4. The van der Waals surface area contributed by atoms with E-state index in [4.69, 9.17) is 21.1 Å². The normalized spacial score (nSPS) is 50.9. The Labute approximate surface area is 195 Å². The number of cyclic esters (lactones) is 1. The van der Waals surface area contributed by atoms with E-state index < -0.39 is 35.1 Å². The van der Waals surface area contributed by atoms with E-state index in [-0.39, 0.29) is 47.1 Å². The van der Waals surface area contributed by atoms with Crippen molar-refractivity contribution >= 4 is 29.1 Å². The fourth-order valence-electron chi connectivity index (χ4n) is 6.16. The summed E-state index contributed by atoms with van der Waals surface area (Å²) >= 11 is 6.51. The van der Waals surface area contributed by atoms with Gasteiger partial charge in [0.15, 0.2) is 16.9 Å². The summed E-state index contributed by atoms with van der Waals surface area (Å²) in [6.07, 6.45) is 12.5. The van der Waals surface area contributed by atoms with Crippen molar-refractivity contribution in [2.75, 3.05) is 0 Å². The van der Waals surface area contributed by atoms with Crippen LogP contribution in [0.3, 0.4) is 0 Å². The van der Waals surface area contributed by atoms with Gasteiger partial charge in [-0.3, -0.25) is 14.4 Å². The molecule has 0 aromatic rings. The maximum absolute atomic E-state index is 13.8. The summed E-state index contributed by atoms with van der Waals surface area (Å²) in [7, 11) is 0. The summed E-state index contributed by atoms with van der Waals surface area (Å²) in [6, 6.07) is 0. The fourth-order valence-corrected chi connectivity index (χ4v) is 6.49. The highest BCUT2D eigenvalue weighted by Crippen LogP contribution is 2.59. The minimum Gasteiger partial charge on any atom is -0.458 e. The highest BCUT2D eigenvalue weighted by Gasteiger charge is 2.64. The Morgan fingerprint density at radius 2 is 1.66 bits per heavy atom. The molecule has 11 atom stereocenters. The summed E-state index contributed by atoms with van der Waals surface area (Å²) in [5.74, 6) is -2.60. The summed E-state index contributed by atoms with van der Waals surface area (Å²) in [6.45, 7) is 9.58. The van der Waals surface area contributed by atoms with Gasteiger partial charge in [0.1, 0.15) is 12.0 Å². The van der Waals surface area contributed by atoms with Gasteiger partial charge in [0.05, 0.1) is 11.7 Å². The van der Waals surface area contributed by atoms with E-state index in [1.807, 2.05) is 12.2 Å². The number of epoxide rings is 1. The molecule has 2 fully saturated rings. The molecular weight excluding hydrogens is 428 g/mol. The van der Waals surface area contributed by atoms with E-state index in [0.717, 1.165) is 6.42 Å². The first kappa shape index (κ1) is 23.4. The van der Waals surface area contributed by atoms with Crippen LogP contribution >= 0.6 is 11.6 Å². The number of ketones is 2. The highest BCUT2D eigenvalue weighted by atomic mass is 35.5. The number of hydrogen-bond acceptors (Lipinski definition) is 5. The number of Topliss-reactive ketones (excluding diaryl/α,β-unsaturated/α-hetero) is 2. The molecule has 0 radical (unpaired) electrons. The van der Waals surface area contributed by atoms with Crippen LogP contribution in [0.15, 0.2) is 36.5 Å². The number of fused-ring (bicyclic) bond motifs is 4. The zero-order valence-electron chi connectivity index (χ0n) is 19.4. The molecule has 2 aliphatic carbocycles. The number of carbonyl (C=O) groups excluding carboxylic acids is 3. The van der Waals surface area contributed by atoms with Gasteiger partial charge in [-0.05, 0) is 62.9 Å². The van der Waals surface area contributed by atoms with Crippen molar-refractivity contribution in [3.63, 3.8) is 0 Å². The second kappa shape index (κ2) is 8.57. The number of ether oxygens (including phenoxy) is 2. The monoisotopic (exact) mass is 460 g/mol. The van der Waals surface area contributed by atoms with E-state index >= 15 is 0 Å². The maximum atomic E-state index is 13.8. The highest BCUT2D eigenvalue weighted by molar-refractivity contribution is 6.43. The smallest absolute Gasteiger partial charge is 0.316 e. The molecule has 4 aliphatic rings. The molecule has 0 N–H and O–H groups in total. The molecule has 4 rings (SSSR count). The van der Waals surface area contributed by atoms with Crippen molar-refractivity contribution in [2.45, 2.75) is 64.2 Å². The van der Waals surface area contributed by atoms with E-state index in [2.05, 4.69) is 39.0 Å². The van der Waals surface area contributed by atoms with Crippen LogP contribution in [0.2, 0.25) is 0 Å². The van der Waals surface area contributed by atoms with E-state index in [1.165, 1.54) is 6.92 Å². The Bertz CT molecular complexity index is 891. The molecule has 2 heterocycles. The molecule has 4 unspecified atom stereocenters. The molecule has 0 amide bonds. The molecule has 1 saturated heterocycles. The molecule has 0 bridgehead atoms. The Hall–Kier alpha value is -1.72. The van der Waals surface area contributed by atoms with Crippen LogP contribution in [-0.4, -0.2) is 40.7 Å². The van der Waals surface area contributed by atoms with Gasteiger partial charge in [-0.15, -0.1) is 11.6 Å². The first-order valence-electron chi connectivity index (χ1n) is 11.7. The van der Waals surface area contributed by atoms with E-state index in [9.17, 15) is 14.4 Å². The molecular formula is C26H33ClO5. The molecule has 2 aliphatic heterocycles. The summed E-state index contributed by atoms with van der Waals surface area (Å²) in [5, 5.41) is -1.37. The van der Waals surface area contributed by atoms with Gasteiger partial charge in [0.2, 0.25) is 0 Å². The largest absolute Gasteiger partial charge is 0.458 e. The second-order valence-electron chi connectivity index (χ2n) is 10.3. The minimum atomic E-state index is -1.37. The van der Waals surface area contributed by atoms with Crippen LogP contribution in [0.5, 0.6) is 0 Å². The average molecular weight is 461 g/mol. The Balaban J connectivity index is 1.74. The molecule has 0 aromatic heterocycles. The second-order valence-corrected chi connectivity index (χ2v) is 10.7. The topological polar surface area (TPSA) is 73.0 Å². The van der Waals surface area contributed by atoms with Gasteiger partial charge in [0.25, 0.3) is 0 Å². The lowest BCUT2D eigenvalue weighted by atomic mass is 9.56. The van der Waals surface area contributed by atoms with E-state index in [0.29, 0.717) is 0 Å². The van der Waals surface area contributed by atoms with Crippen LogP contribution in [0.1, 0.15) is 41.0 Å². The van der Waals surface area contributed by atoms with Crippen LogP contribution in [0.4, 0.5) is 0 Å². The van der Waals surface area contributed by atoms with Crippen molar-refractivity contribution in [1.29, 1.82) is 0 Å². The molecule has 5 nitrogen and oxygen atoms in total. The third kappa shape index (κ3) is 4.03. The quantitative estimate of drug-likeness (QED) is 0.177. The predicted octanol–water partition coefficient (Wildman–Crippen LogP) is 4.29. The van der Waals surface area contributed by atoms with Crippen molar-refractivity contribution in [1.82, 2.24) is 0 Å². The number of rotatable bonds is 0. The minimum absolute atomic E-state index is 0.0497. The number of carbonyl (C=O) groups is 3. The summed E-state index contributed by atoms with van der Waals surface area (Å²) in [4.78, 5) is 39.3. The average Bonchev–Trinajstić information content (AvgIpc) is 3.44. The lowest BCUT2D eigenvalue weighted by molar-refractivity contribution is -0.153. The molecule has 0 spiro atoms. The number of hydrogen-bond donors (Lipinski definition) is 0. The van der Waals surface area contributed by atoms with Crippen LogP contribution < -0.4 is 0 Å². The van der Waals surface area contributed by atoms with Gasteiger partial charge in [-0.25, -0.2) is 0 Å².